The van der Waals surface area contributed by atoms with Gasteiger partial charge in [-0.1, -0.05) is 96.0 Å². The molecule has 4 aromatic rings. The topological polar surface area (TPSA) is 67.9 Å². The SMILES string of the molecule is COc1ccccc1CNC(=O)[C@@H](Cc1ccccc1)N(Cc1ccc(Cl)cc1)C(=O)COc1ccccc1Cl. The lowest BCUT2D eigenvalue weighted by molar-refractivity contribution is -0.142. The molecule has 8 heteroatoms. The van der Waals surface area contributed by atoms with E-state index in [1.807, 2.05) is 66.7 Å². The molecule has 0 saturated carbocycles. The molecule has 0 spiro atoms. The van der Waals surface area contributed by atoms with Crippen molar-refractivity contribution in [1.29, 1.82) is 0 Å². The molecule has 0 aliphatic heterocycles. The number of nitrogens with zero attached hydrogens (tertiary/aromatic N) is 1. The van der Waals surface area contributed by atoms with E-state index in [0.717, 1.165) is 16.7 Å². The van der Waals surface area contributed by atoms with E-state index in [0.29, 0.717) is 28.0 Å². The molecule has 0 aliphatic rings. The van der Waals surface area contributed by atoms with Gasteiger partial charge in [-0.05, 0) is 41.5 Å². The molecule has 0 saturated heterocycles. The van der Waals surface area contributed by atoms with Gasteiger partial charge in [0.15, 0.2) is 6.61 Å². The highest BCUT2D eigenvalue weighted by Crippen LogP contribution is 2.24. The number of nitrogens with one attached hydrogen (secondary N) is 1. The molecule has 0 aliphatic carbocycles. The van der Waals surface area contributed by atoms with Crippen molar-refractivity contribution in [2.45, 2.75) is 25.6 Å². The minimum absolute atomic E-state index is 0.182. The zero-order valence-electron chi connectivity index (χ0n) is 22.1. The number of hydrogen-bond acceptors (Lipinski definition) is 4. The number of benzene rings is 4. The molecule has 1 N–H and O–H groups in total. The number of carbonyl (C=O) groups excluding carboxylic acids is 2. The summed E-state index contributed by atoms with van der Waals surface area (Å²) in [6.07, 6.45) is 0.310. The third-order valence-electron chi connectivity index (χ3n) is 6.37. The van der Waals surface area contributed by atoms with Gasteiger partial charge in [-0.25, -0.2) is 0 Å². The summed E-state index contributed by atoms with van der Waals surface area (Å²) < 4.78 is 11.2. The first kappa shape index (κ1) is 29.0. The van der Waals surface area contributed by atoms with E-state index >= 15 is 0 Å². The van der Waals surface area contributed by atoms with Crippen LogP contribution in [-0.4, -0.2) is 36.5 Å². The Bertz CT molecular complexity index is 1410. The molecule has 0 heterocycles. The van der Waals surface area contributed by atoms with Gasteiger partial charge in [0.2, 0.25) is 5.91 Å². The second kappa shape index (κ2) is 14.4. The van der Waals surface area contributed by atoms with Crippen LogP contribution in [0.5, 0.6) is 11.5 Å². The zero-order valence-corrected chi connectivity index (χ0v) is 23.6. The standard InChI is InChI=1S/C32H30Cl2N2O4/c1-39-29-13-7-5-11-25(29)20-35-32(38)28(19-23-9-3-2-4-10-23)36(21-24-15-17-26(33)18-16-24)31(37)22-40-30-14-8-6-12-27(30)34/h2-18,28H,19-22H2,1H3,(H,35,38)/t28-/m1/s1. The maximum absolute atomic E-state index is 13.8. The Kier molecular flexibility index (Phi) is 10.4. The van der Waals surface area contributed by atoms with E-state index in [2.05, 4.69) is 5.32 Å². The summed E-state index contributed by atoms with van der Waals surface area (Å²) in [6.45, 7) is 0.136. The normalized spacial score (nSPS) is 11.4. The Morgan fingerprint density at radius 1 is 0.800 bits per heavy atom. The second-order valence-electron chi connectivity index (χ2n) is 9.10. The van der Waals surface area contributed by atoms with E-state index in [9.17, 15) is 9.59 Å². The first-order valence-corrected chi connectivity index (χ1v) is 13.5. The molecule has 0 fully saturated rings. The van der Waals surface area contributed by atoms with Crippen molar-refractivity contribution in [3.8, 4) is 11.5 Å². The first-order chi connectivity index (χ1) is 19.4. The predicted octanol–water partition coefficient (Wildman–Crippen LogP) is 6.34. The number of para-hydroxylation sites is 2. The smallest absolute Gasteiger partial charge is 0.261 e. The van der Waals surface area contributed by atoms with Gasteiger partial charge in [-0.3, -0.25) is 9.59 Å². The zero-order chi connectivity index (χ0) is 28.3. The maximum Gasteiger partial charge on any atom is 0.261 e. The van der Waals surface area contributed by atoms with E-state index < -0.39 is 6.04 Å². The largest absolute Gasteiger partial charge is 0.496 e. The highest BCUT2D eigenvalue weighted by atomic mass is 35.5. The van der Waals surface area contributed by atoms with Gasteiger partial charge in [0, 0.05) is 30.1 Å². The van der Waals surface area contributed by atoms with Crippen LogP contribution in [0.2, 0.25) is 10.0 Å². The van der Waals surface area contributed by atoms with Gasteiger partial charge in [-0.15, -0.1) is 0 Å². The molecular formula is C32H30Cl2N2O4. The lowest BCUT2D eigenvalue weighted by Crippen LogP contribution is -2.51. The quantitative estimate of drug-likeness (QED) is 0.214. The highest BCUT2D eigenvalue weighted by molar-refractivity contribution is 6.32. The summed E-state index contributed by atoms with van der Waals surface area (Å²) >= 11 is 12.3. The van der Waals surface area contributed by atoms with Gasteiger partial charge in [-0.2, -0.15) is 0 Å². The van der Waals surface area contributed by atoms with Crippen molar-refractivity contribution >= 4 is 35.0 Å². The Morgan fingerprint density at radius 3 is 2.15 bits per heavy atom. The van der Waals surface area contributed by atoms with Crippen LogP contribution >= 0.6 is 23.2 Å². The van der Waals surface area contributed by atoms with Crippen LogP contribution in [0, 0.1) is 0 Å². The number of halogens is 2. The first-order valence-electron chi connectivity index (χ1n) is 12.8. The number of hydrogen-bond donors (Lipinski definition) is 1. The molecule has 206 valence electrons. The Morgan fingerprint density at radius 2 is 1.45 bits per heavy atom. The van der Waals surface area contributed by atoms with Crippen LogP contribution in [0.15, 0.2) is 103 Å². The molecule has 40 heavy (non-hydrogen) atoms. The number of methoxy groups -OCH3 is 1. The van der Waals surface area contributed by atoms with Gasteiger partial charge in [0.25, 0.3) is 5.91 Å². The molecule has 0 radical (unpaired) electrons. The second-order valence-corrected chi connectivity index (χ2v) is 9.95. The summed E-state index contributed by atoms with van der Waals surface area (Å²) in [4.78, 5) is 29.1. The summed E-state index contributed by atoms with van der Waals surface area (Å²) in [6, 6.07) is 30.4. The van der Waals surface area contributed by atoms with Crippen molar-refractivity contribution in [3.05, 3.63) is 130 Å². The predicted molar refractivity (Wildman–Crippen MR) is 158 cm³/mol. The van der Waals surface area contributed by atoms with Crippen molar-refractivity contribution in [1.82, 2.24) is 10.2 Å². The summed E-state index contributed by atoms with van der Waals surface area (Å²) in [5.74, 6) is 0.409. The lowest BCUT2D eigenvalue weighted by Gasteiger charge is -2.31. The fourth-order valence-electron chi connectivity index (χ4n) is 4.27. The van der Waals surface area contributed by atoms with E-state index in [1.54, 1.807) is 48.4 Å². The van der Waals surface area contributed by atoms with Crippen LogP contribution in [0.25, 0.3) is 0 Å². The number of amides is 2. The van der Waals surface area contributed by atoms with Gasteiger partial charge in [0.1, 0.15) is 17.5 Å². The number of carbonyl (C=O) groups is 2. The molecule has 6 nitrogen and oxygen atoms in total. The molecule has 2 amide bonds. The number of rotatable bonds is 12. The van der Waals surface area contributed by atoms with Crippen molar-refractivity contribution in [3.63, 3.8) is 0 Å². The van der Waals surface area contributed by atoms with Crippen LogP contribution < -0.4 is 14.8 Å². The molecule has 0 aromatic heterocycles. The Hall–Kier alpha value is -4.00. The molecule has 4 rings (SSSR count). The van der Waals surface area contributed by atoms with Crippen LogP contribution in [0.4, 0.5) is 0 Å². The third-order valence-corrected chi connectivity index (χ3v) is 6.93. The van der Waals surface area contributed by atoms with Gasteiger partial charge >= 0.3 is 0 Å². The fraction of sp³-hybridized carbons (Fsp3) is 0.188. The van der Waals surface area contributed by atoms with E-state index in [1.165, 1.54) is 0 Å². The fourth-order valence-corrected chi connectivity index (χ4v) is 4.59. The van der Waals surface area contributed by atoms with E-state index in [4.69, 9.17) is 32.7 Å². The van der Waals surface area contributed by atoms with Crippen LogP contribution in [0.1, 0.15) is 16.7 Å². The Balaban J connectivity index is 1.63. The molecule has 0 unspecified atom stereocenters. The summed E-state index contributed by atoms with van der Waals surface area (Å²) in [5, 5.41) is 3.99. The van der Waals surface area contributed by atoms with Crippen molar-refractivity contribution in [2.75, 3.05) is 13.7 Å². The molecule has 4 aromatic carbocycles. The maximum atomic E-state index is 13.8. The van der Waals surface area contributed by atoms with Gasteiger partial charge in [0.05, 0.1) is 12.1 Å². The monoisotopic (exact) mass is 576 g/mol. The van der Waals surface area contributed by atoms with Gasteiger partial charge < -0.3 is 19.7 Å². The average Bonchev–Trinajstić information content (AvgIpc) is 2.98. The lowest BCUT2D eigenvalue weighted by atomic mass is 10.0. The molecular weight excluding hydrogens is 547 g/mol. The van der Waals surface area contributed by atoms with Crippen molar-refractivity contribution < 1.29 is 19.1 Å². The summed E-state index contributed by atoms with van der Waals surface area (Å²) in [5.41, 5.74) is 2.57. The highest BCUT2D eigenvalue weighted by Gasteiger charge is 2.31. The number of ether oxygens (including phenoxy) is 2. The van der Waals surface area contributed by atoms with Crippen LogP contribution in [0.3, 0.4) is 0 Å². The third kappa shape index (κ3) is 8.01. The minimum Gasteiger partial charge on any atom is -0.496 e. The van der Waals surface area contributed by atoms with E-state index in [-0.39, 0.29) is 31.5 Å². The van der Waals surface area contributed by atoms with Crippen molar-refractivity contribution in [2.24, 2.45) is 0 Å². The average molecular weight is 578 g/mol. The summed E-state index contributed by atoms with van der Waals surface area (Å²) in [7, 11) is 1.59. The minimum atomic E-state index is -0.824. The molecule has 1 atom stereocenters. The Labute approximate surface area is 244 Å². The van der Waals surface area contributed by atoms with Crippen LogP contribution in [-0.2, 0) is 29.1 Å². The molecule has 0 bridgehead atoms.